The van der Waals surface area contributed by atoms with Gasteiger partial charge in [-0.3, -0.25) is 9.00 Å². The summed E-state index contributed by atoms with van der Waals surface area (Å²) in [6.07, 6.45) is 4.57. The molecule has 0 saturated carbocycles. The summed E-state index contributed by atoms with van der Waals surface area (Å²) in [4.78, 5) is 15.4. The monoisotopic (exact) mass is 374 g/mol. The van der Waals surface area contributed by atoms with E-state index < -0.39 is 22.4 Å². The summed E-state index contributed by atoms with van der Waals surface area (Å²) in [6.45, 7) is 5.05. The fourth-order valence-corrected chi connectivity index (χ4v) is 4.91. The number of ether oxygens (including phenoxy) is 1. The fraction of sp³-hybridized carbons (Fsp3) is 0.600. The minimum Gasteiger partial charge on any atom is -0.372 e. The van der Waals surface area contributed by atoms with Gasteiger partial charge in [0.05, 0.1) is 16.9 Å². The van der Waals surface area contributed by atoms with Gasteiger partial charge in [-0.05, 0) is 56.4 Å². The van der Waals surface area contributed by atoms with Gasteiger partial charge in [-0.15, -0.1) is 0 Å². The molecule has 2 aliphatic rings. The number of carbonyl (C=O) groups excluding carboxylic acids is 1. The Hall–Kier alpha value is -1.71. The van der Waals surface area contributed by atoms with Gasteiger partial charge in [0, 0.05) is 28.9 Å². The van der Waals surface area contributed by atoms with Crippen LogP contribution in [0.15, 0.2) is 29.2 Å². The molecule has 2 fully saturated rings. The minimum absolute atomic E-state index is 0.0323. The first kappa shape index (κ1) is 19.1. The molecule has 3 atom stereocenters. The van der Waals surface area contributed by atoms with Crippen LogP contribution in [-0.4, -0.2) is 45.1 Å². The van der Waals surface area contributed by atoms with Gasteiger partial charge in [0.2, 0.25) is 0 Å². The summed E-state index contributed by atoms with van der Waals surface area (Å²) in [5.41, 5.74) is 0.0163. The van der Waals surface area contributed by atoms with Crippen LogP contribution in [0.2, 0.25) is 0 Å². The molecule has 6 heteroatoms. The van der Waals surface area contributed by atoms with Crippen LogP contribution >= 0.6 is 0 Å². The van der Waals surface area contributed by atoms with E-state index >= 15 is 0 Å². The SMILES string of the molecule is CC(C)[S@](=O)c1ccc(C(=O)N2CCC[C@]3(CCCCO3)[C@H]2C#N)cc1. The van der Waals surface area contributed by atoms with E-state index in [4.69, 9.17) is 4.74 Å². The molecular formula is C20H26N2O3S. The van der Waals surface area contributed by atoms with E-state index in [1.165, 1.54) is 0 Å². The number of likely N-dealkylation sites (tertiary alicyclic amines) is 1. The molecule has 1 amide bonds. The van der Waals surface area contributed by atoms with Crippen molar-refractivity contribution in [1.29, 1.82) is 5.26 Å². The highest BCUT2D eigenvalue weighted by atomic mass is 32.2. The number of carbonyl (C=O) groups is 1. The number of amides is 1. The number of rotatable bonds is 3. The molecule has 0 N–H and O–H groups in total. The predicted molar refractivity (Wildman–Crippen MR) is 100 cm³/mol. The molecule has 0 bridgehead atoms. The Kier molecular flexibility index (Phi) is 5.79. The highest BCUT2D eigenvalue weighted by Gasteiger charge is 2.48. The van der Waals surface area contributed by atoms with E-state index in [-0.39, 0.29) is 11.2 Å². The van der Waals surface area contributed by atoms with Crippen LogP contribution in [0, 0.1) is 11.3 Å². The number of hydrogen-bond donors (Lipinski definition) is 0. The molecule has 3 rings (SSSR count). The van der Waals surface area contributed by atoms with Crippen molar-refractivity contribution in [1.82, 2.24) is 4.90 Å². The molecule has 5 nitrogen and oxygen atoms in total. The molecule has 0 aliphatic carbocycles. The first-order chi connectivity index (χ1) is 12.5. The lowest BCUT2D eigenvalue weighted by Crippen LogP contribution is -2.60. The van der Waals surface area contributed by atoms with Crippen LogP contribution in [0.3, 0.4) is 0 Å². The Bertz CT molecular complexity index is 712. The van der Waals surface area contributed by atoms with E-state index in [2.05, 4.69) is 6.07 Å². The average molecular weight is 375 g/mol. The van der Waals surface area contributed by atoms with Crippen LogP contribution in [0.5, 0.6) is 0 Å². The summed E-state index contributed by atoms with van der Waals surface area (Å²) < 4.78 is 18.2. The predicted octanol–water partition coefficient (Wildman–Crippen LogP) is 3.27. The zero-order chi connectivity index (χ0) is 18.7. The van der Waals surface area contributed by atoms with Gasteiger partial charge in [0.15, 0.2) is 0 Å². The van der Waals surface area contributed by atoms with E-state index in [1.807, 2.05) is 13.8 Å². The molecule has 2 saturated heterocycles. The minimum atomic E-state index is -1.08. The Labute approximate surface area is 157 Å². The summed E-state index contributed by atoms with van der Waals surface area (Å²) in [6, 6.07) is 8.73. The van der Waals surface area contributed by atoms with Crippen molar-refractivity contribution in [2.75, 3.05) is 13.2 Å². The molecule has 140 valence electrons. The van der Waals surface area contributed by atoms with Gasteiger partial charge >= 0.3 is 0 Å². The number of nitriles is 1. The molecule has 1 aromatic rings. The van der Waals surface area contributed by atoms with Crippen molar-refractivity contribution in [2.24, 2.45) is 0 Å². The van der Waals surface area contributed by atoms with Crippen molar-refractivity contribution >= 4 is 16.7 Å². The Balaban J connectivity index is 1.82. The smallest absolute Gasteiger partial charge is 0.255 e. The molecule has 1 spiro atoms. The Morgan fingerprint density at radius 3 is 2.54 bits per heavy atom. The Morgan fingerprint density at radius 1 is 1.27 bits per heavy atom. The van der Waals surface area contributed by atoms with Gasteiger partial charge in [0.1, 0.15) is 11.6 Å². The molecule has 2 aliphatic heterocycles. The lowest BCUT2D eigenvalue weighted by atomic mass is 9.79. The largest absolute Gasteiger partial charge is 0.372 e. The van der Waals surface area contributed by atoms with Crippen molar-refractivity contribution in [3.63, 3.8) is 0 Å². The Morgan fingerprint density at radius 2 is 1.96 bits per heavy atom. The molecule has 0 aromatic heterocycles. The third kappa shape index (κ3) is 3.56. The van der Waals surface area contributed by atoms with Crippen molar-refractivity contribution in [2.45, 2.75) is 67.7 Å². The van der Waals surface area contributed by atoms with E-state index in [0.29, 0.717) is 18.7 Å². The second-order valence-electron chi connectivity index (χ2n) is 7.37. The molecule has 1 aromatic carbocycles. The van der Waals surface area contributed by atoms with Crippen LogP contribution in [0.25, 0.3) is 0 Å². The molecular weight excluding hydrogens is 348 g/mol. The van der Waals surface area contributed by atoms with Gasteiger partial charge in [-0.25, -0.2) is 0 Å². The lowest BCUT2D eigenvalue weighted by Gasteiger charge is -2.48. The highest BCUT2D eigenvalue weighted by Crippen LogP contribution is 2.38. The van der Waals surface area contributed by atoms with E-state index in [9.17, 15) is 14.3 Å². The van der Waals surface area contributed by atoms with Crippen molar-refractivity contribution < 1.29 is 13.7 Å². The number of piperidine rings is 1. The molecule has 0 radical (unpaired) electrons. The maximum absolute atomic E-state index is 13.1. The summed E-state index contributed by atoms with van der Waals surface area (Å²) >= 11 is 0. The van der Waals surface area contributed by atoms with E-state index in [1.54, 1.807) is 29.2 Å². The maximum Gasteiger partial charge on any atom is 0.255 e. The topological polar surface area (TPSA) is 70.4 Å². The van der Waals surface area contributed by atoms with Crippen LogP contribution < -0.4 is 0 Å². The van der Waals surface area contributed by atoms with Crippen molar-refractivity contribution in [3.05, 3.63) is 29.8 Å². The zero-order valence-corrected chi connectivity index (χ0v) is 16.3. The molecule has 0 unspecified atom stereocenters. The van der Waals surface area contributed by atoms with Gasteiger partial charge in [-0.1, -0.05) is 13.8 Å². The summed E-state index contributed by atoms with van der Waals surface area (Å²) in [7, 11) is -1.08. The highest BCUT2D eigenvalue weighted by molar-refractivity contribution is 7.85. The average Bonchev–Trinajstić information content (AvgIpc) is 2.67. The van der Waals surface area contributed by atoms with Gasteiger partial charge < -0.3 is 9.64 Å². The quantitative estimate of drug-likeness (QED) is 0.814. The molecule has 26 heavy (non-hydrogen) atoms. The number of nitrogens with zero attached hydrogens (tertiary/aromatic N) is 2. The third-order valence-corrected chi connectivity index (χ3v) is 6.93. The fourth-order valence-electron chi connectivity index (χ4n) is 3.96. The standard InChI is InChI=1S/C20H26N2O3S/c1-15(2)26(24)17-8-6-16(7-9-17)19(23)22-12-5-11-20(18(22)14-21)10-3-4-13-25-20/h6-9,15,18H,3-5,10-13H2,1-2H3/t18-,20-,26+/m1/s1. The van der Waals surface area contributed by atoms with E-state index in [0.717, 1.165) is 37.0 Å². The lowest BCUT2D eigenvalue weighted by molar-refractivity contribution is -0.128. The third-order valence-electron chi connectivity index (χ3n) is 5.34. The first-order valence-corrected chi connectivity index (χ1v) is 10.5. The van der Waals surface area contributed by atoms with Gasteiger partial charge in [0.25, 0.3) is 5.91 Å². The normalized spacial score (nSPS) is 27.3. The summed E-state index contributed by atoms with van der Waals surface area (Å²) in [5, 5.41) is 9.82. The van der Waals surface area contributed by atoms with Crippen molar-refractivity contribution in [3.8, 4) is 6.07 Å². The second kappa shape index (κ2) is 7.89. The number of benzene rings is 1. The number of hydrogen-bond acceptors (Lipinski definition) is 4. The maximum atomic E-state index is 13.1. The van der Waals surface area contributed by atoms with Crippen LogP contribution in [-0.2, 0) is 15.5 Å². The van der Waals surface area contributed by atoms with Gasteiger partial charge in [-0.2, -0.15) is 5.26 Å². The van der Waals surface area contributed by atoms with Crippen LogP contribution in [0.4, 0.5) is 0 Å². The summed E-state index contributed by atoms with van der Waals surface area (Å²) in [5.74, 6) is -0.147. The molecule has 2 heterocycles. The first-order valence-electron chi connectivity index (χ1n) is 9.34. The van der Waals surface area contributed by atoms with Crippen LogP contribution in [0.1, 0.15) is 56.3 Å². The zero-order valence-electron chi connectivity index (χ0n) is 15.4. The second-order valence-corrected chi connectivity index (χ2v) is 9.38.